The number of aromatic nitrogens is 4. The lowest BCUT2D eigenvalue weighted by atomic mass is 10.3. The molecule has 3 rings (SSSR count). The van der Waals surface area contributed by atoms with E-state index in [0.29, 0.717) is 0 Å². The fourth-order valence-corrected chi connectivity index (χ4v) is 2.57. The largest absolute Gasteiger partial charge is 0.378 e. The minimum Gasteiger partial charge on any atom is -0.378 e. The van der Waals surface area contributed by atoms with Gasteiger partial charge in [-0.1, -0.05) is 18.7 Å². The smallest absolute Gasteiger partial charge is 0.191 e. The number of aromatic amines is 1. The summed E-state index contributed by atoms with van der Waals surface area (Å²) in [5.41, 5.74) is 0.808. The highest BCUT2D eigenvalue weighted by Gasteiger charge is 2.18. The van der Waals surface area contributed by atoms with Crippen LogP contribution < -0.4 is 4.90 Å². The first kappa shape index (κ1) is 11.7. The summed E-state index contributed by atoms with van der Waals surface area (Å²) in [4.78, 5) is 11.3. The average molecular weight is 265 g/mol. The van der Waals surface area contributed by atoms with E-state index in [-0.39, 0.29) is 0 Å². The van der Waals surface area contributed by atoms with Crippen molar-refractivity contribution in [3.05, 3.63) is 6.20 Å². The van der Waals surface area contributed by atoms with Crippen molar-refractivity contribution in [1.29, 1.82) is 0 Å². The third-order valence-electron chi connectivity index (χ3n) is 2.85. The first-order chi connectivity index (χ1) is 8.88. The van der Waals surface area contributed by atoms with Crippen LogP contribution in [0, 0.1) is 0 Å². The minimum absolute atomic E-state index is 0.750. The summed E-state index contributed by atoms with van der Waals surface area (Å²) in [7, 11) is 0. The van der Waals surface area contributed by atoms with Crippen LogP contribution in [0.5, 0.6) is 0 Å². The molecule has 1 N–H and O–H groups in total. The molecule has 96 valence electrons. The molecule has 1 fully saturated rings. The zero-order valence-corrected chi connectivity index (χ0v) is 11.0. The molecule has 0 atom stereocenters. The molecule has 1 saturated heterocycles. The third-order valence-corrected chi connectivity index (χ3v) is 3.58. The summed E-state index contributed by atoms with van der Waals surface area (Å²) < 4.78 is 5.38. The second-order valence-corrected chi connectivity index (χ2v) is 5.23. The lowest BCUT2D eigenvalue weighted by molar-refractivity contribution is 0.122. The van der Waals surface area contributed by atoms with Gasteiger partial charge in [0.2, 0.25) is 0 Å². The second kappa shape index (κ2) is 5.11. The Morgan fingerprint density at radius 2 is 2.22 bits per heavy atom. The molecule has 0 radical (unpaired) electrons. The molecule has 18 heavy (non-hydrogen) atoms. The van der Waals surface area contributed by atoms with Crippen LogP contribution >= 0.6 is 11.8 Å². The van der Waals surface area contributed by atoms with Gasteiger partial charge in [-0.25, -0.2) is 9.97 Å². The van der Waals surface area contributed by atoms with Gasteiger partial charge in [0.25, 0.3) is 0 Å². The number of morpholine rings is 1. The SMILES string of the molecule is CCSc1nc(N2CCOCC2)c2cn[nH]c2n1. The molecule has 0 amide bonds. The van der Waals surface area contributed by atoms with E-state index in [2.05, 4.69) is 32.0 Å². The Kier molecular flexibility index (Phi) is 3.33. The van der Waals surface area contributed by atoms with Gasteiger partial charge >= 0.3 is 0 Å². The zero-order chi connectivity index (χ0) is 12.4. The van der Waals surface area contributed by atoms with Crippen LogP contribution in [0.1, 0.15) is 6.92 Å². The molecule has 7 heteroatoms. The normalized spacial score (nSPS) is 16.4. The molecule has 0 aromatic carbocycles. The van der Waals surface area contributed by atoms with Crippen LogP contribution in [0.3, 0.4) is 0 Å². The molecule has 0 spiro atoms. The van der Waals surface area contributed by atoms with Crippen LogP contribution in [0.4, 0.5) is 5.82 Å². The van der Waals surface area contributed by atoms with Gasteiger partial charge in [-0.2, -0.15) is 5.10 Å². The number of hydrogen-bond donors (Lipinski definition) is 1. The van der Waals surface area contributed by atoms with Crippen LogP contribution in [-0.4, -0.2) is 52.2 Å². The van der Waals surface area contributed by atoms with Gasteiger partial charge in [-0.05, 0) is 5.75 Å². The molecule has 1 aliphatic heterocycles. The summed E-state index contributed by atoms with van der Waals surface area (Å²) in [5.74, 6) is 1.93. The standard InChI is InChI=1S/C11H15N5OS/c1-2-18-11-13-9-8(7-12-15-9)10(14-11)16-3-5-17-6-4-16/h7H,2-6H2,1H3,(H,12,13,14,15). The number of nitrogens with zero attached hydrogens (tertiary/aromatic N) is 4. The van der Waals surface area contributed by atoms with Crippen LogP contribution in [0.2, 0.25) is 0 Å². The van der Waals surface area contributed by atoms with Crippen molar-refractivity contribution in [1.82, 2.24) is 20.2 Å². The van der Waals surface area contributed by atoms with Crippen LogP contribution in [-0.2, 0) is 4.74 Å². The third kappa shape index (κ3) is 2.15. The average Bonchev–Trinajstić information content (AvgIpc) is 2.87. The van der Waals surface area contributed by atoms with Crippen molar-refractivity contribution >= 4 is 28.6 Å². The van der Waals surface area contributed by atoms with Crippen molar-refractivity contribution in [2.24, 2.45) is 0 Å². The lowest BCUT2D eigenvalue weighted by Gasteiger charge is -2.28. The fourth-order valence-electron chi connectivity index (χ4n) is 2.01. The summed E-state index contributed by atoms with van der Waals surface area (Å²) in [6.07, 6.45) is 1.79. The predicted molar refractivity (Wildman–Crippen MR) is 71.1 cm³/mol. The van der Waals surface area contributed by atoms with Gasteiger partial charge < -0.3 is 9.64 Å². The van der Waals surface area contributed by atoms with Crippen LogP contribution in [0.15, 0.2) is 11.4 Å². The maximum atomic E-state index is 5.38. The maximum Gasteiger partial charge on any atom is 0.191 e. The number of anilines is 1. The zero-order valence-electron chi connectivity index (χ0n) is 10.2. The monoisotopic (exact) mass is 265 g/mol. The Bertz CT molecular complexity index is 537. The molecule has 6 nitrogen and oxygen atoms in total. The van der Waals surface area contributed by atoms with E-state index in [1.54, 1.807) is 18.0 Å². The molecule has 2 aromatic rings. The van der Waals surface area contributed by atoms with E-state index in [4.69, 9.17) is 4.74 Å². The molecular weight excluding hydrogens is 250 g/mol. The van der Waals surface area contributed by atoms with Gasteiger partial charge in [0, 0.05) is 13.1 Å². The van der Waals surface area contributed by atoms with E-state index < -0.39 is 0 Å². The Labute approximate surface area is 109 Å². The Balaban J connectivity index is 2.03. The fraction of sp³-hybridized carbons (Fsp3) is 0.545. The first-order valence-corrected chi connectivity index (χ1v) is 7.03. The van der Waals surface area contributed by atoms with E-state index in [9.17, 15) is 0 Å². The number of nitrogens with one attached hydrogen (secondary N) is 1. The van der Waals surface area contributed by atoms with Gasteiger partial charge in [0.15, 0.2) is 10.8 Å². The molecule has 0 aliphatic carbocycles. The number of ether oxygens (including phenoxy) is 1. The summed E-state index contributed by atoms with van der Waals surface area (Å²) in [6.45, 7) is 5.33. The summed E-state index contributed by atoms with van der Waals surface area (Å²) in [6, 6.07) is 0. The molecule has 2 aromatic heterocycles. The highest BCUT2D eigenvalue weighted by molar-refractivity contribution is 7.99. The number of fused-ring (bicyclic) bond motifs is 1. The molecule has 0 bridgehead atoms. The Hall–Kier alpha value is -1.34. The highest BCUT2D eigenvalue weighted by atomic mass is 32.2. The first-order valence-electron chi connectivity index (χ1n) is 6.05. The molecule has 3 heterocycles. The van der Waals surface area contributed by atoms with E-state index >= 15 is 0 Å². The van der Waals surface area contributed by atoms with E-state index in [0.717, 1.165) is 54.1 Å². The number of thioether (sulfide) groups is 1. The topological polar surface area (TPSA) is 66.9 Å². The highest BCUT2D eigenvalue weighted by Crippen LogP contribution is 2.26. The van der Waals surface area contributed by atoms with Gasteiger partial charge in [-0.3, -0.25) is 5.10 Å². The van der Waals surface area contributed by atoms with Crippen molar-refractivity contribution in [2.75, 3.05) is 37.0 Å². The Morgan fingerprint density at radius 3 is 3.00 bits per heavy atom. The number of H-pyrrole nitrogens is 1. The van der Waals surface area contributed by atoms with Crippen LogP contribution in [0.25, 0.3) is 11.0 Å². The van der Waals surface area contributed by atoms with Gasteiger partial charge in [-0.15, -0.1) is 0 Å². The molecule has 0 saturated carbocycles. The number of hydrogen-bond acceptors (Lipinski definition) is 6. The van der Waals surface area contributed by atoms with Crippen molar-refractivity contribution in [3.63, 3.8) is 0 Å². The van der Waals surface area contributed by atoms with E-state index in [1.165, 1.54) is 0 Å². The van der Waals surface area contributed by atoms with Crippen molar-refractivity contribution in [3.8, 4) is 0 Å². The molecular formula is C11H15N5OS. The second-order valence-electron chi connectivity index (χ2n) is 3.99. The minimum atomic E-state index is 0.750. The number of rotatable bonds is 3. The van der Waals surface area contributed by atoms with Gasteiger partial charge in [0.05, 0.1) is 24.8 Å². The Morgan fingerprint density at radius 1 is 1.39 bits per heavy atom. The maximum absolute atomic E-state index is 5.38. The van der Waals surface area contributed by atoms with Gasteiger partial charge in [0.1, 0.15) is 5.82 Å². The summed E-state index contributed by atoms with van der Waals surface area (Å²) in [5, 5.41) is 8.77. The lowest BCUT2D eigenvalue weighted by Crippen LogP contribution is -2.37. The van der Waals surface area contributed by atoms with E-state index in [1.807, 2.05) is 0 Å². The van der Waals surface area contributed by atoms with Crippen molar-refractivity contribution in [2.45, 2.75) is 12.1 Å². The predicted octanol–water partition coefficient (Wildman–Crippen LogP) is 1.30. The summed E-state index contributed by atoms with van der Waals surface area (Å²) >= 11 is 1.64. The molecule has 0 unspecified atom stereocenters. The molecule has 1 aliphatic rings. The quantitative estimate of drug-likeness (QED) is 0.666. The van der Waals surface area contributed by atoms with Crippen molar-refractivity contribution < 1.29 is 4.74 Å².